The molecule has 0 saturated heterocycles. The summed E-state index contributed by atoms with van der Waals surface area (Å²) in [6, 6.07) is 4.99. The van der Waals surface area contributed by atoms with Crippen LogP contribution in [0.5, 0.6) is 0 Å². The number of benzene rings is 1. The van der Waals surface area contributed by atoms with Crippen LogP contribution in [-0.2, 0) is 12.7 Å². The molecule has 1 aromatic heterocycles. The lowest BCUT2D eigenvalue weighted by molar-refractivity contribution is -0.137. The van der Waals surface area contributed by atoms with E-state index in [0.717, 1.165) is 18.2 Å². The number of nitrogens with zero attached hydrogens (tertiary/aromatic N) is 2. The van der Waals surface area contributed by atoms with E-state index in [2.05, 4.69) is 10.3 Å². The third-order valence-electron chi connectivity index (χ3n) is 2.74. The van der Waals surface area contributed by atoms with Crippen LogP contribution in [0.1, 0.15) is 22.6 Å². The van der Waals surface area contributed by atoms with Crippen LogP contribution in [-0.4, -0.2) is 4.98 Å². The lowest BCUT2D eigenvalue weighted by atomic mass is 10.1. The number of hydrogen-bond donors (Lipinski definition) is 1. The Morgan fingerprint density at radius 3 is 2.70 bits per heavy atom. The minimum Gasteiger partial charge on any atom is -0.448 e. The maximum absolute atomic E-state index is 12.9. The van der Waals surface area contributed by atoms with E-state index in [4.69, 9.17) is 9.68 Å². The van der Waals surface area contributed by atoms with Crippen LogP contribution in [0.15, 0.2) is 29.0 Å². The van der Waals surface area contributed by atoms with Crippen molar-refractivity contribution in [3.63, 3.8) is 0 Å². The standard InChI is InChI=1S/C13H10F3N3O/c1-8-12(19-7-20-8)6-18-11-4-9(5-17)2-3-10(11)13(14,15)16/h2-4,7,18H,6H2,1H3. The summed E-state index contributed by atoms with van der Waals surface area (Å²) in [5, 5.41) is 11.4. The molecule has 0 unspecified atom stereocenters. The van der Waals surface area contributed by atoms with Gasteiger partial charge in [0.05, 0.1) is 23.7 Å². The van der Waals surface area contributed by atoms with E-state index in [-0.39, 0.29) is 17.8 Å². The molecule has 1 aromatic carbocycles. The Morgan fingerprint density at radius 2 is 2.15 bits per heavy atom. The summed E-state index contributed by atoms with van der Waals surface area (Å²) in [5.41, 5.74) is -0.311. The third kappa shape index (κ3) is 2.91. The fourth-order valence-corrected chi connectivity index (χ4v) is 1.68. The Labute approximate surface area is 112 Å². The molecule has 0 aliphatic rings. The fourth-order valence-electron chi connectivity index (χ4n) is 1.68. The van der Waals surface area contributed by atoms with Crippen molar-refractivity contribution in [3.05, 3.63) is 47.2 Å². The number of halogens is 3. The highest BCUT2D eigenvalue weighted by molar-refractivity contribution is 5.57. The van der Waals surface area contributed by atoms with Gasteiger partial charge in [-0.2, -0.15) is 18.4 Å². The van der Waals surface area contributed by atoms with Gasteiger partial charge >= 0.3 is 6.18 Å². The average Bonchev–Trinajstić information content (AvgIpc) is 2.80. The third-order valence-corrected chi connectivity index (χ3v) is 2.74. The first-order chi connectivity index (χ1) is 9.41. The number of aryl methyl sites for hydroxylation is 1. The number of hydrogen-bond acceptors (Lipinski definition) is 4. The quantitative estimate of drug-likeness (QED) is 0.935. The van der Waals surface area contributed by atoms with Crippen molar-refractivity contribution in [3.8, 4) is 6.07 Å². The Bertz CT molecular complexity index is 656. The van der Waals surface area contributed by atoms with Gasteiger partial charge in [-0.15, -0.1) is 0 Å². The molecule has 0 saturated carbocycles. The van der Waals surface area contributed by atoms with Gasteiger partial charge in [-0.25, -0.2) is 4.98 Å². The summed E-state index contributed by atoms with van der Waals surface area (Å²) in [6.45, 7) is 1.75. The maximum Gasteiger partial charge on any atom is 0.418 e. The van der Waals surface area contributed by atoms with E-state index in [9.17, 15) is 13.2 Å². The Kier molecular flexibility index (Phi) is 3.66. The number of nitriles is 1. The van der Waals surface area contributed by atoms with Gasteiger partial charge in [0, 0.05) is 5.69 Å². The highest BCUT2D eigenvalue weighted by atomic mass is 19.4. The highest BCUT2D eigenvalue weighted by Crippen LogP contribution is 2.35. The van der Waals surface area contributed by atoms with Gasteiger partial charge in [-0.1, -0.05) is 0 Å². The van der Waals surface area contributed by atoms with Crippen molar-refractivity contribution in [2.75, 3.05) is 5.32 Å². The molecule has 4 nitrogen and oxygen atoms in total. The first kappa shape index (κ1) is 13.9. The molecule has 0 amide bonds. The van der Waals surface area contributed by atoms with Gasteiger partial charge in [0.15, 0.2) is 6.39 Å². The second kappa shape index (κ2) is 5.25. The van der Waals surface area contributed by atoms with Crippen LogP contribution in [0.4, 0.5) is 18.9 Å². The van der Waals surface area contributed by atoms with Crippen LogP contribution >= 0.6 is 0 Å². The zero-order valence-corrected chi connectivity index (χ0v) is 10.5. The van der Waals surface area contributed by atoms with E-state index in [1.807, 2.05) is 6.07 Å². The first-order valence-electron chi connectivity index (χ1n) is 5.66. The molecule has 0 aliphatic carbocycles. The van der Waals surface area contributed by atoms with Gasteiger partial charge in [0.1, 0.15) is 11.5 Å². The molecule has 0 fully saturated rings. The molecule has 2 rings (SSSR count). The lowest BCUT2D eigenvalue weighted by Crippen LogP contribution is -2.11. The molecule has 20 heavy (non-hydrogen) atoms. The van der Waals surface area contributed by atoms with Crippen LogP contribution in [0.2, 0.25) is 0 Å². The summed E-state index contributed by atoms with van der Waals surface area (Å²) in [5.74, 6) is 0.530. The highest BCUT2D eigenvalue weighted by Gasteiger charge is 2.33. The van der Waals surface area contributed by atoms with Gasteiger partial charge in [-0.3, -0.25) is 0 Å². The minimum atomic E-state index is -4.49. The van der Waals surface area contributed by atoms with Crippen LogP contribution in [0, 0.1) is 18.3 Å². The summed E-state index contributed by atoms with van der Waals surface area (Å²) in [6.07, 6.45) is -3.27. The molecule has 0 atom stereocenters. The predicted molar refractivity (Wildman–Crippen MR) is 64.7 cm³/mol. The molecule has 7 heteroatoms. The van der Waals surface area contributed by atoms with E-state index < -0.39 is 11.7 Å². The van der Waals surface area contributed by atoms with Crippen LogP contribution in [0.3, 0.4) is 0 Å². The monoisotopic (exact) mass is 281 g/mol. The molecule has 0 spiro atoms. The molecule has 104 valence electrons. The predicted octanol–water partition coefficient (Wildman–Crippen LogP) is 3.49. The summed E-state index contributed by atoms with van der Waals surface area (Å²) >= 11 is 0. The van der Waals surface area contributed by atoms with Gasteiger partial charge < -0.3 is 9.73 Å². The van der Waals surface area contributed by atoms with Gasteiger partial charge in [0.2, 0.25) is 0 Å². The van der Waals surface area contributed by atoms with E-state index >= 15 is 0 Å². The second-order valence-corrected chi connectivity index (χ2v) is 4.08. The smallest absolute Gasteiger partial charge is 0.418 e. The Morgan fingerprint density at radius 1 is 1.40 bits per heavy atom. The van der Waals surface area contributed by atoms with E-state index in [0.29, 0.717) is 11.5 Å². The minimum absolute atomic E-state index is 0.0836. The number of aromatic nitrogens is 1. The molecule has 0 aliphatic heterocycles. The van der Waals surface area contributed by atoms with Crippen molar-refractivity contribution >= 4 is 5.69 Å². The topological polar surface area (TPSA) is 61.9 Å². The van der Waals surface area contributed by atoms with Gasteiger partial charge in [-0.05, 0) is 25.1 Å². The summed E-state index contributed by atoms with van der Waals surface area (Å²) in [7, 11) is 0. The number of anilines is 1. The summed E-state index contributed by atoms with van der Waals surface area (Å²) < 4.78 is 43.6. The van der Waals surface area contributed by atoms with Crippen LogP contribution in [0.25, 0.3) is 0 Å². The molecule has 2 aromatic rings. The van der Waals surface area contributed by atoms with Crippen molar-refractivity contribution in [1.29, 1.82) is 5.26 Å². The molecule has 0 bridgehead atoms. The SMILES string of the molecule is Cc1ocnc1CNc1cc(C#N)ccc1C(F)(F)F. The van der Waals surface area contributed by atoms with Crippen LogP contribution < -0.4 is 5.32 Å². The number of rotatable bonds is 3. The number of nitrogens with one attached hydrogen (secondary N) is 1. The van der Waals surface area contributed by atoms with Crippen molar-refractivity contribution < 1.29 is 17.6 Å². The number of oxazole rings is 1. The van der Waals surface area contributed by atoms with Crippen molar-refractivity contribution in [2.45, 2.75) is 19.6 Å². The summed E-state index contributed by atoms with van der Waals surface area (Å²) in [4.78, 5) is 3.89. The molecule has 1 N–H and O–H groups in total. The largest absolute Gasteiger partial charge is 0.448 e. The van der Waals surface area contributed by atoms with E-state index in [1.165, 1.54) is 6.39 Å². The molecule has 0 radical (unpaired) electrons. The van der Waals surface area contributed by atoms with Crippen molar-refractivity contribution in [1.82, 2.24) is 4.98 Å². The van der Waals surface area contributed by atoms with Crippen molar-refractivity contribution in [2.24, 2.45) is 0 Å². The zero-order chi connectivity index (χ0) is 14.8. The molecular formula is C13H10F3N3O. The first-order valence-corrected chi connectivity index (χ1v) is 5.66. The maximum atomic E-state index is 12.9. The zero-order valence-electron chi connectivity index (χ0n) is 10.5. The molecule has 1 heterocycles. The Hall–Kier alpha value is -2.49. The average molecular weight is 281 g/mol. The normalized spacial score (nSPS) is 11.2. The van der Waals surface area contributed by atoms with Gasteiger partial charge in [0.25, 0.3) is 0 Å². The fraction of sp³-hybridized carbons (Fsp3) is 0.231. The second-order valence-electron chi connectivity index (χ2n) is 4.08. The Balaban J connectivity index is 2.29. The lowest BCUT2D eigenvalue weighted by Gasteiger charge is -2.14. The molecular weight excluding hydrogens is 271 g/mol. The number of alkyl halides is 3. The van der Waals surface area contributed by atoms with E-state index in [1.54, 1.807) is 6.92 Å².